The van der Waals surface area contributed by atoms with Gasteiger partial charge in [0.2, 0.25) is 0 Å². The predicted octanol–water partition coefficient (Wildman–Crippen LogP) is 1.56. The molecule has 0 aliphatic rings. The second-order valence-electron chi connectivity index (χ2n) is 3.73. The van der Waals surface area contributed by atoms with Crippen molar-refractivity contribution in [3.05, 3.63) is 0 Å². The van der Waals surface area contributed by atoms with Crippen molar-refractivity contribution in [1.82, 2.24) is 0 Å². The standard InChI is InChI=1S/C10H21NO2/c1-4-5-13-10(12)9(7-11)6-8(2)3/h8-9H,4-7,11H2,1-3H3. The SMILES string of the molecule is CCCOC(=O)C(CN)CC(C)C. The first-order chi connectivity index (χ1) is 6.11. The molecule has 0 saturated heterocycles. The lowest BCUT2D eigenvalue weighted by Gasteiger charge is -2.15. The monoisotopic (exact) mass is 187 g/mol. The molecule has 0 aliphatic heterocycles. The van der Waals surface area contributed by atoms with Gasteiger partial charge in [0.1, 0.15) is 0 Å². The average molecular weight is 187 g/mol. The van der Waals surface area contributed by atoms with Crippen LogP contribution in [0.5, 0.6) is 0 Å². The normalized spacial score (nSPS) is 13.0. The van der Waals surface area contributed by atoms with Crippen molar-refractivity contribution in [2.24, 2.45) is 17.6 Å². The minimum atomic E-state index is -0.141. The zero-order valence-electron chi connectivity index (χ0n) is 8.88. The fourth-order valence-electron chi connectivity index (χ4n) is 1.18. The summed E-state index contributed by atoms with van der Waals surface area (Å²) >= 11 is 0. The maximum absolute atomic E-state index is 11.4. The zero-order valence-corrected chi connectivity index (χ0v) is 8.88. The Hall–Kier alpha value is -0.570. The molecule has 0 spiro atoms. The largest absolute Gasteiger partial charge is 0.465 e. The maximum atomic E-state index is 11.4. The average Bonchev–Trinajstić information content (AvgIpc) is 2.09. The molecule has 0 aromatic carbocycles. The number of hydrogen-bond donors (Lipinski definition) is 1. The topological polar surface area (TPSA) is 52.3 Å². The van der Waals surface area contributed by atoms with Gasteiger partial charge in [-0.05, 0) is 18.8 Å². The van der Waals surface area contributed by atoms with E-state index in [9.17, 15) is 4.79 Å². The summed E-state index contributed by atoms with van der Waals surface area (Å²) < 4.78 is 5.03. The lowest BCUT2D eigenvalue weighted by Crippen LogP contribution is -2.27. The first kappa shape index (κ1) is 12.4. The van der Waals surface area contributed by atoms with Crippen molar-refractivity contribution in [1.29, 1.82) is 0 Å². The van der Waals surface area contributed by atoms with Gasteiger partial charge in [-0.15, -0.1) is 0 Å². The summed E-state index contributed by atoms with van der Waals surface area (Å²) in [6, 6.07) is 0. The quantitative estimate of drug-likeness (QED) is 0.642. The zero-order chi connectivity index (χ0) is 10.3. The lowest BCUT2D eigenvalue weighted by atomic mass is 9.97. The molecule has 0 bridgehead atoms. The third-order valence-electron chi connectivity index (χ3n) is 1.82. The highest BCUT2D eigenvalue weighted by Crippen LogP contribution is 2.12. The van der Waals surface area contributed by atoms with Crippen molar-refractivity contribution in [2.75, 3.05) is 13.2 Å². The molecule has 78 valence electrons. The van der Waals surface area contributed by atoms with E-state index in [2.05, 4.69) is 13.8 Å². The van der Waals surface area contributed by atoms with Crippen LogP contribution in [-0.4, -0.2) is 19.1 Å². The van der Waals surface area contributed by atoms with Gasteiger partial charge < -0.3 is 10.5 Å². The predicted molar refractivity (Wildman–Crippen MR) is 53.2 cm³/mol. The molecule has 0 aromatic rings. The summed E-state index contributed by atoms with van der Waals surface area (Å²) in [4.78, 5) is 11.4. The summed E-state index contributed by atoms with van der Waals surface area (Å²) in [6.45, 7) is 7.03. The van der Waals surface area contributed by atoms with Gasteiger partial charge in [-0.3, -0.25) is 4.79 Å². The molecule has 3 heteroatoms. The van der Waals surface area contributed by atoms with E-state index in [0.717, 1.165) is 12.8 Å². The van der Waals surface area contributed by atoms with E-state index in [1.54, 1.807) is 0 Å². The van der Waals surface area contributed by atoms with Crippen LogP contribution in [0.15, 0.2) is 0 Å². The Morgan fingerprint density at radius 1 is 1.46 bits per heavy atom. The molecule has 0 amide bonds. The molecule has 0 radical (unpaired) electrons. The number of hydrogen-bond acceptors (Lipinski definition) is 3. The van der Waals surface area contributed by atoms with Crippen molar-refractivity contribution in [3.63, 3.8) is 0 Å². The molecular weight excluding hydrogens is 166 g/mol. The molecule has 0 saturated carbocycles. The van der Waals surface area contributed by atoms with Gasteiger partial charge >= 0.3 is 5.97 Å². The van der Waals surface area contributed by atoms with Crippen LogP contribution in [0.1, 0.15) is 33.6 Å². The molecule has 0 fully saturated rings. The van der Waals surface area contributed by atoms with Crippen LogP contribution in [-0.2, 0) is 9.53 Å². The molecule has 0 rings (SSSR count). The van der Waals surface area contributed by atoms with Crippen LogP contribution in [0.3, 0.4) is 0 Å². The molecule has 0 aromatic heterocycles. The van der Waals surface area contributed by atoms with Gasteiger partial charge in [-0.1, -0.05) is 20.8 Å². The van der Waals surface area contributed by atoms with Gasteiger partial charge in [0.05, 0.1) is 12.5 Å². The molecule has 3 nitrogen and oxygen atoms in total. The van der Waals surface area contributed by atoms with Gasteiger partial charge in [0.25, 0.3) is 0 Å². The second kappa shape index (κ2) is 6.89. The fourth-order valence-corrected chi connectivity index (χ4v) is 1.18. The van der Waals surface area contributed by atoms with Crippen LogP contribution in [0.2, 0.25) is 0 Å². The summed E-state index contributed by atoms with van der Waals surface area (Å²) in [5, 5.41) is 0. The van der Waals surface area contributed by atoms with Crippen LogP contribution in [0, 0.1) is 11.8 Å². The summed E-state index contributed by atoms with van der Waals surface area (Å²) in [5.41, 5.74) is 5.49. The van der Waals surface area contributed by atoms with Crippen LogP contribution in [0.4, 0.5) is 0 Å². The molecule has 13 heavy (non-hydrogen) atoms. The highest BCUT2D eigenvalue weighted by Gasteiger charge is 2.18. The highest BCUT2D eigenvalue weighted by atomic mass is 16.5. The number of ether oxygens (including phenoxy) is 1. The lowest BCUT2D eigenvalue weighted by molar-refractivity contribution is -0.148. The summed E-state index contributed by atoms with van der Waals surface area (Å²) in [6.07, 6.45) is 1.68. The van der Waals surface area contributed by atoms with E-state index < -0.39 is 0 Å². The van der Waals surface area contributed by atoms with Crippen molar-refractivity contribution in [3.8, 4) is 0 Å². The Morgan fingerprint density at radius 3 is 2.46 bits per heavy atom. The molecular formula is C10H21NO2. The van der Waals surface area contributed by atoms with E-state index >= 15 is 0 Å². The van der Waals surface area contributed by atoms with Crippen molar-refractivity contribution in [2.45, 2.75) is 33.6 Å². The van der Waals surface area contributed by atoms with Crippen LogP contribution < -0.4 is 5.73 Å². The molecule has 1 unspecified atom stereocenters. The number of nitrogens with two attached hydrogens (primary N) is 1. The van der Waals surface area contributed by atoms with Crippen LogP contribution >= 0.6 is 0 Å². The Morgan fingerprint density at radius 2 is 2.08 bits per heavy atom. The van der Waals surface area contributed by atoms with Crippen LogP contribution in [0.25, 0.3) is 0 Å². The second-order valence-corrected chi connectivity index (χ2v) is 3.73. The molecule has 1 atom stereocenters. The van der Waals surface area contributed by atoms with Gasteiger partial charge in [0, 0.05) is 6.54 Å². The van der Waals surface area contributed by atoms with E-state index in [1.165, 1.54) is 0 Å². The van der Waals surface area contributed by atoms with Gasteiger partial charge in [0.15, 0.2) is 0 Å². The smallest absolute Gasteiger partial charge is 0.310 e. The van der Waals surface area contributed by atoms with Crippen molar-refractivity contribution < 1.29 is 9.53 Å². The Balaban J connectivity index is 3.85. The summed E-state index contributed by atoms with van der Waals surface area (Å²) in [7, 11) is 0. The van der Waals surface area contributed by atoms with E-state index in [4.69, 9.17) is 10.5 Å². The number of carbonyl (C=O) groups excluding carboxylic acids is 1. The minimum Gasteiger partial charge on any atom is -0.465 e. The summed E-state index contributed by atoms with van der Waals surface area (Å²) in [5.74, 6) is 0.229. The molecule has 0 heterocycles. The van der Waals surface area contributed by atoms with E-state index in [0.29, 0.717) is 19.1 Å². The maximum Gasteiger partial charge on any atom is 0.310 e. The number of esters is 1. The van der Waals surface area contributed by atoms with E-state index in [-0.39, 0.29) is 11.9 Å². The fraction of sp³-hybridized carbons (Fsp3) is 0.900. The third-order valence-corrected chi connectivity index (χ3v) is 1.82. The van der Waals surface area contributed by atoms with Gasteiger partial charge in [-0.2, -0.15) is 0 Å². The van der Waals surface area contributed by atoms with E-state index in [1.807, 2.05) is 6.92 Å². The molecule has 0 aliphatic carbocycles. The Kier molecular flexibility index (Phi) is 6.59. The Labute approximate surface area is 80.6 Å². The first-order valence-electron chi connectivity index (χ1n) is 4.98. The Bertz CT molecular complexity index is 146. The first-order valence-corrected chi connectivity index (χ1v) is 4.98. The molecule has 2 N–H and O–H groups in total. The number of rotatable bonds is 6. The number of carbonyl (C=O) groups is 1. The van der Waals surface area contributed by atoms with Crippen molar-refractivity contribution >= 4 is 5.97 Å². The van der Waals surface area contributed by atoms with Gasteiger partial charge in [-0.25, -0.2) is 0 Å². The highest BCUT2D eigenvalue weighted by molar-refractivity contribution is 5.72. The minimum absolute atomic E-state index is 0.119. The third kappa shape index (κ3) is 5.64.